The third kappa shape index (κ3) is 36.6. The maximum Gasteiger partial charge on any atom is 0.472 e. The van der Waals surface area contributed by atoms with Crippen LogP contribution in [0, 0.1) is 0 Å². The Morgan fingerprint density at radius 2 is 1.14 bits per heavy atom. The molecule has 3 atom stereocenters. The van der Waals surface area contributed by atoms with Crippen LogP contribution in [0.1, 0.15) is 162 Å². The molecule has 0 aromatic rings. The number of quaternary nitrogens is 1. The van der Waals surface area contributed by atoms with Crippen molar-refractivity contribution in [2.75, 3.05) is 40.9 Å². The first kappa shape index (κ1) is 49.5. The summed E-state index contributed by atoms with van der Waals surface area (Å²) in [4.78, 5) is 23.0. The molecular formula is C42H80N2O6P+. The molecule has 0 saturated heterocycles. The number of unbranched alkanes of at least 4 members (excludes halogenated alkanes) is 17. The van der Waals surface area contributed by atoms with Crippen molar-refractivity contribution >= 4 is 13.7 Å². The zero-order valence-electron chi connectivity index (χ0n) is 33.6. The topological polar surface area (TPSA) is 105 Å². The van der Waals surface area contributed by atoms with Crippen molar-refractivity contribution in [3.05, 3.63) is 48.6 Å². The molecule has 0 saturated carbocycles. The quantitative estimate of drug-likeness (QED) is 0.0256. The molecule has 0 aromatic heterocycles. The van der Waals surface area contributed by atoms with Gasteiger partial charge in [0.1, 0.15) is 13.2 Å². The largest absolute Gasteiger partial charge is 0.472 e. The van der Waals surface area contributed by atoms with E-state index in [4.69, 9.17) is 9.05 Å². The third-order valence-corrected chi connectivity index (χ3v) is 9.76. The monoisotopic (exact) mass is 740 g/mol. The molecule has 1 amide bonds. The second kappa shape index (κ2) is 34.2. The van der Waals surface area contributed by atoms with Gasteiger partial charge in [-0.25, -0.2) is 4.57 Å². The van der Waals surface area contributed by atoms with E-state index in [-0.39, 0.29) is 19.1 Å². The number of phosphoric acid groups is 1. The Kier molecular flexibility index (Phi) is 33.2. The molecule has 0 radical (unpaired) electrons. The van der Waals surface area contributed by atoms with Gasteiger partial charge in [-0.05, 0) is 64.2 Å². The van der Waals surface area contributed by atoms with Gasteiger partial charge >= 0.3 is 7.82 Å². The summed E-state index contributed by atoms with van der Waals surface area (Å²) in [5.41, 5.74) is 0. The van der Waals surface area contributed by atoms with Gasteiger partial charge in [0.25, 0.3) is 0 Å². The fourth-order valence-corrected chi connectivity index (χ4v) is 6.17. The number of aliphatic hydroxyl groups is 1. The Bertz CT molecular complexity index is 975. The van der Waals surface area contributed by atoms with Crippen LogP contribution in [0.2, 0.25) is 0 Å². The molecule has 8 nitrogen and oxygen atoms in total. The van der Waals surface area contributed by atoms with E-state index in [9.17, 15) is 19.4 Å². The highest BCUT2D eigenvalue weighted by Gasteiger charge is 2.27. The van der Waals surface area contributed by atoms with E-state index in [2.05, 4.69) is 55.6 Å². The molecule has 0 aliphatic carbocycles. The van der Waals surface area contributed by atoms with Crippen LogP contribution in [0.25, 0.3) is 0 Å². The summed E-state index contributed by atoms with van der Waals surface area (Å²) in [7, 11) is 1.54. The second-order valence-corrected chi connectivity index (χ2v) is 16.5. The van der Waals surface area contributed by atoms with Crippen LogP contribution in [0.5, 0.6) is 0 Å². The minimum Gasteiger partial charge on any atom is -0.387 e. The maximum absolute atomic E-state index is 12.8. The number of carbonyl (C=O) groups excluding carboxylic acids is 1. The molecule has 0 aromatic carbocycles. The molecule has 0 heterocycles. The second-order valence-electron chi connectivity index (χ2n) is 15.0. The van der Waals surface area contributed by atoms with Crippen molar-refractivity contribution in [2.45, 2.75) is 174 Å². The summed E-state index contributed by atoms with van der Waals surface area (Å²) in [6.07, 6.45) is 41.7. The van der Waals surface area contributed by atoms with Crippen molar-refractivity contribution < 1.29 is 32.9 Å². The summed E-state index contributed by atoms with van der Waals surface area (Å²) in [6.45, 7) is 4.72. The Morgan fingerprint density at radius 1 is 0.667 bits per heavy atom. The number of rotatable bonds is 36. The number of phosphoric ester groups is 1. The molecule has 9 heteroatoms. The number of amides is 1. The lowest BCUT2D eigenvalue weighted by Gasteiger charge is -2.25. The molecule has 0 rings (SSSR count). The number of likely N-dealkylation sites (N-methyl/N-ethyl adjacent to an activating group) is 1. The summed E-state index contributed by atoms with van der Waals surface area (Å²) >= 11 is 0. The molecule has 0 spiro atoms. The van der Waals surface area contributed by atoms with Gasteiger partial charge in [0.15, 0.2) is 0 Å². The van der Waals surface area contributed by atoms with E-state index in [0.717, 1.165) is 51.4 Å². The zero-order valence-corrected chi connectivity index (χ0v) is 34.5. The van der Waals surface area contributed by atoms with E-state index in [1.165, 1.54) is 89.9 Å². The van der Waals surface area contributed by atoms with Crippen LogP contribution in [0.4, 0.5) is 0 Å². The number of nitrogens with zero attached hydrogens (tertiary/aromatic N) is 1. The maximum atomic E-state index is 12.8. The van der Waals surface area contributed by atoms with Crippen LogP contribution < -0.4 is 5.32 Å². The first-order chi connectivity index (χ1) is 24.5. The number of aliphatic hydroxyl groups excluding tert-OH is 1. The normalized spacial score (nSPS) is 15.0. The van der Waals surface area contributed by atoms with Crippen molar-refractivity contribution in [3.8, 4) is 0 Å². The van der Waals surface area contributed by atoms with Crippen molar-refractivity contribution in [3.63, 3.8) is 0 Å². The van der Waals surface area contributed by atoms with Crippen molar-refractivity contribution in [2.24, 2.45) is 0 Å². The van der Waals surface area contributed by atoms with Crippen LogP contribution in [-0.4, -0.2) is 73.4 Å². The average molecular weight is 740 g/mol. The predicted octanol–water partition coefficient (Wildman–Crippen LogP) is 10.9. The van der Waals surface area contributed by atoms with Crippen LogP contribution in [0.15, 0.2) is 48.6 Å². The molecule has 3 N–H and O–H groups in total. The molecule has 0 fully saturated rings. The molecule has 51 heavy (non-hydrogen) atoms. The third-order valence-electron chi connectivity index (χ3n) is 8.77. The molecule has 0 aliphatic heterocycles. The highest BCUT2D eigenvalue weighted by molar-refractivity contribution is 7.47. The van der Waals surface area contributed by atoms with Crippen LogP contribution in [0.3, 0.4) is 0 Å². The van der Waals surface area contributed by atoms with Crippen LogP contribution in [-0.2, 0) is 18.4 Å². The molecular weight excluding hydrogens is 659 g/mol. The number of hydrogen-bond acceptors (Lipinski definition) is 5. The zero-order chi connectivity index (χ0) is 37.9. The van der Waals surface area contributed by atoms with Gasteiger partial charge in [-0.3, -0.25) is 13.8 Å². The number of carbonyl (C=O) groups is 1. The Labute approximate surface area is 314 Å². The first-order valence-corrected chi connectivity index (χ1v) is 22.0. The standard InChI is InChI=1S/C42H79N2O6P/c1-6-8-10-12-14-16-18-20-21-22-23-24-26-28-30-32-34-36-42(46)43-40(39-50-51(47,48)49-38-37-44(3,4)5)41(45)35-33-31-29-27-25-19-17-15-13-11-9-7-2/h14,16,20-21,25,27,33,35,40-41,45H,6-13,15,17-19,22-24,26,28-32,34,36-39H2,1-5H3,(H-,43,46,47,48)/p+1/b16-14-,21-20-,27-25+,35-33+. The molecule has 0 bridgehead atoms. The summed E-state index contributed by atoms with van der Waals surface area (Å²) in [5.74, 6) is -0.199. The number of nitrogens with one attached hydrogen (secondary N) is 1. The predicted molar refractivity (Wildman–Crippen MR) is 217 cm³/mol. The van der Waals surface area contributed by atoms with Gasteiger partial charge in [-0.2, -0.15) is 0 Å². The Balaban J connectivity index is 4.52. The van der Waals surface area contributed by atoms with Crippen molar-refractivity contribution in [1.82, 2.24) is 5.32 Å². The summed E-state index contributed by atoms with van der Waals surface area (Å²) in [5, 5.41) is 13.7. The molecule has 0 aliphatic rings. The fraction of sp³-hybridized carbons (Fsp3) is 0.786. The first-order valence-electron chi connectivity index (χ1n) is 20.5. The minimum absolute atomic E-state index is 0.0529. The fourth-order valence-electron chi connectivity index (χ4n) is 5.44. The van der Waals surface area contributed by atoms with E-state index >= 15 is 0 Å². The average Bonchev–Trinajstić information content (AvgIpc) is 3.07. The number of allylic oxidation sites excluding steroid dienone is 7. The van der Waals surface area contributed by atoms with Gasteiger partial charge in [-0.15, -0.1) is 0 Å². The van der Waals surface area contributed by atoms with Gasteiger partial charge in [0.2, 0.25) is 5.91 Å². The van der Waals surface area contributed by atoms with Gasteiger partial charge in [0, 0.05) is 6.42 Å². The van der Waals surface area contributed by atoms with Gasteiger partial charge in [0.05, 0.1) is 39.9 Å². The minimum atomic E-state index is -4.34. The summed E-state index contributed by atoms with van der Waals surface area (Å²) < 4.78 is 23.5. The summed E-state index contributed by atoms with van der Waals surface area (Å²) in [6, 6.07) is -0.865. The van der Waals surface area contributed by atoms with Gasteiger partial charge < -0.3 is 19.8 Å². The lowest BCUT2D eigenvalue weighted by atomic mass is 10.1. The van der Waals surface area contributed by atoms with E-state index < -0.39 is 20.0 Å². The van der Waals surface area contributed by atoms with E-state index in [1.54, 1.807) is 6.08 Å². The van der Waals surface area contributed by atoms with Crippen molar-refractivity contribution in [1.29, 1.82) is 0 Å². The van der Waals surface area contributed by atoms with Crippen LogP contribution >= 0.6 is 7.82 Å². The highest BCUT2D eigenvalue weighted by Crippen LogP contribution is 2.43. The lowest BCUT2D eigenvalue weighted by Crippen LogP contribution is -2.45. The smallest absolute Gasteiger partial charge is 0.387 e. The lowest BCUT2D eigenvalue weighted by molar-refractivity contribution is -0.870. The highest BCUT2D eigenvalue weighted by atomic mass is 31.2. The molecule has 3 unspecified atom stereocenters. The Hall–Kier alpha value is -1.54. The SMILES string of the molecule is CCCCC/C=C\C/C=C\CCCCCCCCCC(=O)NC(COP(=O)(O)OCC[N+](C)(C)C)C(O)/C=C/CC/C=C/CCCCCCCC. The van der Waals surface area contributed by atoms with Gasteiger partial charge in [-0.1, -0.05) is 140 Å². The number of hydrogen-bond donors (Lipinski definition) is 3. The Morgan fingerprint density at radius 3 is 1.73 bits per heavy atom. The molecule has 298 valence electrons. The van der Waals surface area contributed by atoms with E-state index in [1.807, 2.05) is 27.2 Å². The van der Waals surface area contributed by atoms with E-state index in [0.29, 0.717) is 17.4 Å².